The first-order valence-corrected chi connectivity index (χ1v) is 15.4. The van der Waals surface area contributed by atoms with Gasteiger partial charge in [0.2, 0.25) is 11.8 Å². The maximum absolute atomic E-state index is 14.1. The molecule has 0 saturated carbocycles. The molecule has 0 aromatic heterocycles. The Labute approximate surface area is 252 Å². The van der Waals surface area contributed by atoms with E-state index in [4.69, 9.17) is 27.9 Å². The molecule has 41 heavy (non-hydrogen) atoms. The van der Waals surface area contributed by atoms with Crippen LogP contribution in [-0.2, 0) is 26.2 Å². The Morgan fingerprint density at radius 2 is 1.66 bits per heavy atom. The molecule has 0 aliphatic heterocycles. The zero-order valence-electron chi connectivity index (χ0n) is 23.5. The zero-order chi connectivity index (χ0) is 30.2. The number of carbonyl (C=O) groups is 2. The van der Waals surface area contributed by atoms with Crippen LogP contribution < -0.4 is 14.4 Å². The predicted octanol–water partition coefficient (Wildman–Crippen LogP) is 5.78. The van der Waals surface area contributed by atoms with Crippen LogP contribution in [0.5, 0.6) is 5.75 Å². The highest BCUT2D eigenvalue weighted by Gasteiger charge is 2.34. The number of ether oxygens (including phenoxy) is 1. The van der Waals surface area contributed by atoms with Crippen molar-refractivity contribution in [3.05, 3.63) is 88.4 Å². The highest BCUT2D eigenvalue weighted by atomic mass is 35.5. The summed E-state index contributed by atoms with van der Waals surface area (Å²) >= 11 is 12.4. The van der Waals surface area contributed by atoms with Crippen LogP contribution in [0.2, 0.25) is 10.0 Å². The van der Waals surface area contributed by atoms with Gasteiger partial charge in [0.25, 0.3) is 10.0 Å². The average molecular weight is 621 g/mol. The molecule has 3 aromatic rings. The molecule has 3 aromatic carbocycles. The number of rotatable bonds is 13. The van der Waals surface area contributed by atoms with E-state index in [1.807, 2.05) is 26.8 Å². The minimum absolute atomic E-state index is 0.0000591. The van der Waals surface area contributed by atoms with Crippen LogP contribution in [0.4, 0.5) is 5.69 Å². The molecule has 0 fully saturated rings. The lowest BCUT2D eigenvalue weighted by atomic mass is 10.1. The van der Waals surface area contributed by atoms with E-state index >= 15 is 0 Å². The molecule has 1 N–H and O–H groups in total. The first-order chi connectivity index (χ1) is 19.5. The highest BCUT2D eigenvalue weighted by molar-refractivity contribution is 7.92. The third-order valence-corrected chi connectivity index (χ3v) is 8.89. The van der Waals surface area contributed by atoms with Gasteiger partial charge < -0.3 is 15.0 Å². The van der Waals surface area contributed by atoms with E-state index in [2.05, 4.69) is 5.32 Å². The Kier molecular flexibility index (Phi) is 11.5. The molecule has 2 amide bonds. The van der Waals surface area contributed by atoms with Crippen molar-refractivity contribution in [2.45, 2.75) is 44.7 Å². The summed E-state index contributed by atoms with van der Waals surface area (Å²) in [6.45, 7) is 5.68. The normalized spacial score (nSPS) is 12.1. The minimum Gasteiger partial charge on any atom is -0.497 e. The second-order valence-corrected chi connectivity index (χ2v) is 12.5. The maximum atomic E-state index is 14.1. The SMILES string of the molecule is CC[C@@H](C(=O)NCC(C)C)N(Cc1cccc(OC)c1)C(=O)CN(c1ccc(Cl)c(Cl)c1)S(=O)(=O)c1ccccc1. The Bertz CT molecular complexity index is 1450. The van der Waals surface area contributed by atoms with Crippen molar-refractivity contribution in [3.8, 4) is 5.75 Å². The Balaban J connectivity index is 2.07. The molecular weight excluding hydrogens is 585 g/mol. The van der Waals surface area contributed by atoms with Gasteiger partial charge in [-0.25, -0.2) is 8.42 Å². The fraction of sp³-hybridized carbons (Fsp3) is 0.333. The van der Waals surface area contributed by atoms with Crippen molar-refractivity contribution in [2.75, 3.05) is 24.5 Å². The molecule has 0 heterocycles. The maximum Gasteiger partial charge on any atom is 0.264 e. The number of benzene rings is 3. The van der Waals surface area contributed by atoms with Gasteiger partial charge >= 0.3 is 0 Å². The van der Waals surface area contributed by atoms with Crippen LogP contribution in [0.3, 0.4) is 0 Å². The lowest BCUT2D eigenvalue weighted by Crippen LogP contribution is -2.52. The molecule has 8 nitrogen and oxygen atoms in total. The lowest BCUT2D eigenvalue weighted by molar-refractivity contribution is -0.140. The van der Waals surface area contributed by atoms with E-state index < -0.39 is 28.5 Å². The van der Waals surface area contributed by atoms with Gasteiger partial charge in [-0.1, -0.05) is 74.3 Å². The van der Waals surface area contributed by atoms with Crippen LogP contribution in [0.25, 0.3) is 0 Å². The number of hydrogen-bond acceptors (Lipinski definition) is 5. The summed E-state index contributed by atoms with van der Waals surface area (Å²) in [5, 5.41) is 3.29. The van der Waals surface area contributed by atoms with E-state index in [9.17, 15) is 18.0 Å². The van der Waals surface area contributed by atoms with Gasteiger partial charge in [-0.15, -0.1) is 0 Å². The van der Waals surface area contributed by atoms with Gasteiger partial charge in [0.15, 0.2) is 0 Å². The van der Waals surface area contributed by atoms with E-state index in [1.54, 1.807) is 43.5 Å². The average Bonchev–Trinajstić information content (AvgIpc) is 2.96. The molecule has 0 aliphatic rings. The molecule has 0 unspecified atom stereocenters. The minimum atomic E-state index is -4.21. The summed E-state index contributed by atoms with van der Waals surface area (Å²) in [4.78, 5) is 28.8. The van der Waals surface area contributed by atoms with Crippen LogP contribution >= 0.6 is 23.2 Å². The monoisotopic (exact) mass is 619 g/mol. The van der Waals surface area contributed by atoms with Crippen molar-refractivity contribution in [1.29, 1.82) is 0 Å². The van der Waals surface area contributed by atoms with Gasteiger partial charge in [0.1, 0.15) is 18.3 Å². The summed E-state index contributed by atoms with van der Waals surface area (Å²) in [6.07, 6.45) is 0.317. The third-order valence-electron chi connectivity index (χ3n) is 6.36. The molecular formula is C30H35Cl2N3O5S. The molecule has 0 saturated heterocycles. The van der Waals surface area contributed by atoms with E-state index in [0.29, 0.717) is 18.7 Å². The van der Waals surface area contributed by atoms with Gasteiger partial charge in [-0.2, -0.15) is 0 Å². The standard InChI is InChI=1S/C30H35Cl2N3O5S/c1-5-28(30(37)33-18-21(2)3)34(19-22-10-9-11-24(16-22)40-4)29(36)20-35(23-14-15-26(31)27(32)17-23)41(38,39)25-12-7-6-8-13-25/h6-17,21,28H,5,18-20H2,1-4H3,(H,33,37)/t28-/m0/s1. The molecule has 0 aliphatic carbocycles. The smallest absolute Gasteiger partial charge is 0.264 e. The number of anilines is 1. The lowest BCUT2D eigenvalue weighted by Gasteiger charge is -2.33. The van der Waals surface area contributed by atoms with Gasteiger partial charge in [0.05, 0.1) is 27.7 Å². The molecule has 3 rings (SSSR count). The highest BCUT2D eigenvalue weighted by Crippen LogP contribution is 2.31. The Hall–Kier alpha value is -3.27. The number of methoxy groups -OCH3 is 1. The molecule has 0 spiro atoms. The third kappa shape index (κ3) is 8.38. The first kappa shape index (κ1) is 32.2. The predicted molar refractivity (Wildman–Crippen MR) is 163 cm³/mol. The fourth-order valence-corrected chi connectivity index (χ4v) is 5.92. The van der Waals surface area contributed by atoms with E-state index in [1.165, 1.54) is 35.2 Å². The molecule has 0 radical (unpaired) electrons. The number of sulfonamides is 1. The fourth-order valence-electron chi connectivity index (χ4n) is 4.20. The van der Waals surface area contributed by atoms with Crippen molar-refractivity contribution < 1.29 is 22.7 Å². The summed E-state index contributed by atoms with van der Waals surface area (Å²) < 4.78 is 34.1. The van der Waals surface area contributed by atoms with Gasteiger partial charge in [-0.05, 0) is 60.4 Å². The summed E-state index contributed by atoms with van der Waals surface area (Å²) in [5.74, 6) is -0.0779. The second-order valence-electron chi connectivity index (χ2n) is 9.86. The van der Waals surface area contributed by atoms with Crippen LogP contribution in [-0.4, -0.2) is 51.4 Å². The van der Waals surface area contributed by atoms with Crippen LogP contribution in [0.15, 0.2) is 77.7 Å². The van der Waals surface area contributed by atoms with Crippen LogP contribution in [0.1, 0.15) is 32.8 Å². The van der Waals surface area contributed by atoms with Crippen molar-refractivity contribution in [2.24, 2.45) is 5.92 Å². The largest absolute Gasteiger partial charge is 0.497 e. The Morgan fingerprint density at radius 1 is 0.951 bits per heavy atom. The van der Waals surface area contributed by atoms with Gasteiger partial charge in [0, 0.05) is 13.1 Å². The number of carbonyl (C=O) groups excluding carboxylic acids is 2. The molecule has 1 atom stereocenters. The molecule has 0 bridgehead atoms. The number of nitrogens with one attached hydrogen (secondary N) is 1. The zero-order valence-corrected chi connectivity index (χ0v) is 25.8. The van der Waals surface area contributed by atoms with Crippen molar-refractivity contribution in [1.82, 2.24) is 10.2 Å². The van der Waals surface area contributed by atoms with E-state index in [-0.39, 0.29) is 39.0 Å². The van der Waals surface area contributed by atoms with E-state index in [0.717, 1.165) is 9.87 Å². The van der Waals surface area contributed by atoms with Crippen LogP contribution in [0, 0.1) is 5.92 Å². The summed E-state index contributed by atoms with van der Waals surface area (Å²) in [7, 11) is -2.66. The quantitative estimate of drug-likeness (QED) is 0.262. The number of hydrogen-bond donors (Lipinski definition) is 1. The molecule has 220 valence electrons. The van der Waals surface area contributed by atoms with Crippen molar-refractivity contribution in [3.63, 3.8) is 0 Å². The van der Waals surface area contributed by atoms with Crippen molar-refractivity contribution >= 4 is 50.7 Å². The number of amides is 2. The first-order valence-electron chi connectivity index (χ1n) is 13.2. The topological polar surface area (TPSA) is 96.0 Å². The number of nitrogens with zero attached hydrogens (tertiary/aromatic N) is 2. The van der Waals surface area contributed by atoms with Gasteiger partial charge in [-0.3, -0.25) is 13.9 Å². The molecule has 11 heteroatoms. The number of halogens is 2. The summed E-state index contributed by atoms with van der Waals surface area (Å²) in [5.41, 5.74) is 0.884. The second kappa shape index (κ2) is 14.6. The summed E-state index contributed by atoms with van der Waals surface area (Å²) in [6, 6.07) is 18.5. The Morgan fingerprint density at radius 3 is 2.27 bits per heavy atom.